The summed E-state index contributed by atoms with van der Waals surface area (Å²) in [5.41, 5.74) is 8.88. The van der Waals surface area contributed by atoms with Crippen LogP contribution >= 0.6 is 0 Å². The van der Waals surface area contributed by atoms with Crippen molar-refractivity contribution in [2.24, 2.45) is 11.8 Å². The van der Waals surface area contributed by atoms with Crippen LogP contribution in [0.2, 0.25) is 0 Å². The first kappa shape index (κ1) is 17.6. The number of hydrogen-bond acceptors (Lipinski definition) is 2. The molecule has 0 saturated carbocycles. The molecule has 7 rings (SSSR count). The topological polar surface area (TPSA) is 37.4 Å². The van der Waals surface area contributed by atoms with E-state index in [1.807, 2.05) is 44.2 Å². The lowest BCUT2D eigenvalue weighted by Gasteiger charge is -2.46. The number of anilines is 1. The molecular weight excluding hydrogens is 370 g/mol. The Hall–Kier alpha value is -3.20. The summed E-state index contributed by atoms with van der Waals surface area (Å²) in [7, 11) is 0. The van der Waals surface area contributed by atoms with Gasteiger partial charge in [-0.05, 0) is 54.7 Å². The second-order valence-electron chi connectivity index (χ2n) is 9.07. The first-order valence-electron chi connectivity index (χ1n) is 10.6. The summed E-state index contributed by atoms with van der Waals surface area (Å²) in [6.07, 6.45) is 0. The van der Waals surface area contributed by atoms with Crippen LogP contribution in [0, 0.1) is 32.6 Å². The Bertz CT molecular complexity index is 1260. The molecule has 1 heterocycles. The van der Waals surface area contributed by atoms with Crippen molar-refractivity contribution in [2.45, 2.75) is 32.6 Å². The van der Waals surface area contributed by atoms with Gasteiger partial charge >= 0.3 is 0 Å². The molecule has 2 bridgehead atoms. The average molecular weight is 393 g/mol. The highest BCUT2D eigenvalue weighted by molar-refractivity contribution is 6.23. The zero-order valence-electron chi connectivity index (χ0n) is 17.3. The molecule has 3 nitrogen and oxygen atoms in total. The molecule has 1 fully saturated rings. The molecule has 1 aliphatic heterocycles. The molecule has 3 aromatic carbocycles. The van der Waals surface area contributed by atoms with E-state index in [1.165, 1.54) is 32.7 Å². The number of imide groups is 1. The number of carbonyl (C=O) groups is 2. The molecule has 3 heteroatoms. The minimum absolute atomic E-state index is 0.0476. The van der Waals surface area contributed by atoms with Gasteiger partial charge in [-0.1, -0.05) is 65.7 Å². The second kappa shape index (κ2) is 5.91. The van der Waals surface area contributed by atoms with Crippen LogP contribution in [0.1, 0.15) is 50.8 Å². The van der Waals surface area contributed by atoms with Crippen molar-refractivity contribution in [3.8, 4) is 0 Å². The van der Waals surface area contributed by atoms with E-state index in [9.17, 15) is 9.59 Å². The van der Waals surface area contributed by atoms with Gasteiger partial charge in [-0.25, -0.2) is 4.90 Å². The standard InChI is InChI=1S/C27H23NO2/c1-14-9-11-21(16(3)12-14)28-26(29)24-22-17-6-4-5-7-18(17)23(25(24)27(28)30)20-13-15(2)8-10-19(20)22/h4-13,22-25H,1-3H3/t22-,23-,24+,25+/m1/s1. The molecular formula is C27H23NO2. The summed E-state index contributed by atoms with van der Waals surface area (Å²) >= 11 is 0. The minimum Gasteiger partial charge on any atom is -0.274 e. The predicted molar refractivity (Wildman–Crippen MR) is 117 cm³/mol. The number of amides is 2. The highest BCUT2D eigenvalue weighted by atomic mass is 16.2. The molecule has 0 aromatic heterocycles. The van der Waals surface area contributed by atoms with Crippen molar-refractivity contribution < 1.29 is 9.59 Å². The van der Waals surface area contributed by atoms with Gasteiger partial charge in [0.25, 0.3) is 0 Å². The summed E-state index contributed by atoms with van der Waals surface area (Å²) < 4.78 is 0. The SMILES string of the molecule is Cc1ccc(N2C(=O)[C@H]3[C@@H]4c5ccccc5[C@H](c5cc(C)ccc54)[C@@H]3C2=O)c(C)c1. The van der Waals surface area contributed by atoms with Crippen molar-refractivity contribution in [1.29, 1.82) is 0 Å². The normalized spacial score (nSPS) is 25.9. The third-order valence-corrected chi connectivity index (χ3v) is 7.29. The maximum atomic E-state index is 13.8. The van der Waals surface area contributed by atoms with E-state index in [4.69, 9.17) is 0 Å². The Balaban J connectivity index is 1.58. The molecule has 4 atom stereocenters. The van der Waals surface area contributed by atoms with Gasteiger partial charge in [0, 0.05) is 11.8 Å². The fourth-order valence-corrected chi connectivity index (χ4v) is 6.14. The van der Waals surface area contributed by atoms with Crippen LogP contribution in [-0.4, -0.2) is 11.8 Å². The number of carbonyl (C=O) groups excluding carboxylic acids is 2. The van der Waals surface area contributed by atoms with E-state index in [1.54, 1.807) is 0 Å². The summed E-state index contributed by atoms with van der Waals surface area (Å²) in [5, 5.41) is 0. The Labute approximate surface area is 176 Å². The van der Waals surface area contributed by atoms with Crippen LogP contribution in [0.25, 0.3) is 0 Å². The summed E-state index contributed by atoms with van der Waals surface area (Å²) in [6, 6.07) is 20.8. The molecule has 2 amide bonds. The number of rotatable bonds is 1. The first-order valence-corrected chi connectivity index (χ1v) is 10.6. The van der Waals surface area contributed by atoms with Gasteiger partial charge < -0.3 is 0 Å². The average Bonchev–Trinajstić information content (AvgIpc) is 2.99. The summed E-state index contributed by atoms with van der Waals surface area (Å²) in [5.74, 6) is -0.862. The van der Waals surface area contributed by atoms with Crippen molar-refractivity contribution in [2.75, 3.05) is 4.90 Å². The van der Waals surface area contributed by atoms with Crippen molar-refractivity contribution in [3.05, 3.63) is 99.6 Å². The van der Waals surface area contributed by atoms with E-state index in [-0.39, 0.29) is 35.5 Å². The third-order valence-electron chi connectivity index (χ3n) is 7.29. The van der Waals surface area contributed by atoms with Gasteiger partial charge in [-0.2, -0.15) is 0 Å². The van der Waals surface area contributed by atoms with Gasteiger partial charge in [0.2, 0.25) is 11.8 Å². The van der Waals surface area contributed by atoms with Crippen LogP contribution in [-0.2, 0) is 9.59 Å². The van der Waals surface area contributed by atoms with Gasteiger partial charge in [-0.15, -0.1) is 0 Å². The minimum atomic E-state index is -0.326. The zero-order chi connectivity index (χ0) is 20.7. The van der Waals surface area contributed by atoms with E-state index >= 15 is 0 Å². The van der Waals surface area contributed by atoms with E-state index in [0.717, 1.165) is 16.8 Å². The third kappa shape index (κ3) is 2.10. The lowest BCUT2D eigenvalue weighted by Crippen LogP contribution is -2.41. The number of hydrogen-bond donors (Lipinski definition) is 0. The fraction of sp³-hybridized carbons (Fsp3) is 0.259. The molecule has 0 N–H and O–H groups in total. The Kier molecular flexibility index (Phi) is 3.48. The fourth-order valence-electron chi connectivity index (χ4n) is 6.14. The van der Waals surface area contributed by atoms with Gasteiger partial charge in [0.05, 0.1) is 17.5 Å². The second-order valence-corrected chi connectivity index (χ2v) is 9.07. The molecule has 0 radical (unpaired) electrons. The van der Waals surface area contributed by atoms with Crippen LogP contribution in [0.15, 0.2) is 60.7 Å². The first-order chi connectivity index (χ1) is 14.5. The van der Waals surface area contributed by atoms with Gasteiger partial charge in [0.1, 0.15) is 0 Å². The van der Waals surface area contributed by atoms with E-state index < -0.39 is 0 Å². The molecule has 30 heavy (non-hydrogen) atoms. The van der Waals surface area contributed by atoms with Crippen LogP contribution in [0.5, 0.6) is 0 Å². The summed E-state index contributed by atoms with van der Waals surface area (Å²) in [4.78, 5) is 29.0. The van der Waals surface area contributed by atoms with Crippen molar-refractivity contribution in [1.82, 2.24) is 0 Å². The quantitative estimate of drug-likeness (QED) is 0.545. The Morgan fingerprint density at radius 3 is 1.80 bits per heavy atom. The number of benzene rings is 3. The Morgan fingerprint density at radius 1 is 0.633 bits per heavy atom. The number of aryl methyl sites for hydroxylation is 3. The molecule has 0 spiro atoms. The monoisotopic (exact) mass is 393 g/mol. The molecule has 4 aliphatic rings. The maximum Gasteiger partial charge on any atom is 0.238 e. The smallest absolute Gasteiger partial charge is 0.238 e. The number of nitrogens with zero attached hydrogens (tertiary/aromatic N) is 1. The molecule has 148 valence electrons. The van der Waals surface area contributed by atoms with E-state index in [0.29, 0.717) is 0 Å². The van der Waals surface area contributed by atoms with Gasteiger partial charge in [0.15, 0.2) is 0 Å². The lowest BCUT2D eigenvalue weighted by atomic mass is 9.55. The van der Waals surface area contributed by atoms with E-state index in [2.05, 4.69) is 37.3 Å². The largest absolute Gasteiger partial charge is 0.274 e. The molecule has 1 saturated heterocycles. The van der Waals surface area contributed by atoms with Gasteiger partial charge in [-0.3, -0.25) is 9.59 Å². The highest BCUT2D eigenvalue weighted by Crippen LogP contribution is 2.61. The Morgan fingerprint density at radius 2 is 1.17 bits per heavy atom. The van der Waals surface area contributed by atoms with Crippen LogP contribution in [0.3, 0.4) is 0 Å². The van der Waals surface area contributed by atoms with Crippen LogP contribution < -0.4 is 4.90 Å². The zero-order valence-corrected chi connectivity index (χ0v) is 17.3. The maximum absolute atomic E-state index is 13.8. The molecule has 3 aromatic rings. The van der Waals surface area contributed by atoms with Crippen molar-refractivity contribution >= 4 is 17.5 Å². The molecule has 0 unspecified atom stereocenters. The molecule has 3 aliphatic carbocycles. The lowest BCUT2D eigenvalue weighted by molar-refractivity contribution is -0.122. The van der Waals surface area contributed by atoms with Crippen molar-refractivity contribution in [3.63, 3.8) is 0 Å². The summed E-state index contributed by atoms with van der Waals surface area (Å²) in [6.45, 7) is 6.10. The van der Waals surface area contributed by atoms with Crippen LogP contribution in [0.4, 0.5) is 5.69 Å². The predicted octanol–water partition coefficient (Wildman–Crippen LogP) is 5.01. The highest BCUT2D eigenvalue weighted by Gasteiger charge is 2.61.